The van der Waals surface area contributed by atoms with Gasteiger partial charge in [-0.3, -0.25) is 9.59 Å². The fourth-order valence-electron chi connectivity index (χ4n) is 5.27. The molecule has 1 fully saturated rings. The number of H-pyrrole nitrogens is 1. The lowest BCUT2D eigenvalue weighted by Crippen LogP contribution is -2.62. The van der Waals surface area contributed by atoms with E-state index >= 15 is 0 Å². The molecule has 0 bridgehead atoms. The molecule has 0 spiro atoms. The number of hydrogen-bond donors (Lipinski definition) is 1. The summed E-state index contributed by atoms with van der Waals surface area (Å²) in [7, 11) is 0. The molecule has 32 heavy (non-hydrogen) atoms. The first-order valence-corrected chi connectivity index (χ1v) is 11.8. The molecule has 1 saturated heterocycles. The fraction of sp³-hybridized carbons (Fsp3) is 0.231. The van der Waals surface area contributed by atoms with Gasteiger partial charge in [0.05, 0.1) is 12.6 Å². The molecule has 4 heterocycles. The molecule has 4 aromatic rings. The van der Waals surface area contributed by atoms with Crippen LogP contribution in [0.3, 0.4) is 0 Å². The van der Waals surface area contributed by atoms with Crippen LogP contribution in [0.2, 0.25) is 0 Å². The maximum Gasteiger partial charge on any atom is 0.246 e. The summed E-state index contributed by atoms with van der Waals surface area (Å²) in [6.45, 7) is 2.67. The van der Waals surface area contributed by atoms with Crippen molar-refractivity contribution in [2.45, 2.75) is 32.0 Å². The minimum Gasteiger partial charge on any atom is -0.356 e. The Morgan fingerprint density at radius 2 is 1.84 bits per heavy atom. The van der Waals surface area contributed by atoms with Gasteiger partial charge in [-0.1, -0.05) is 48.5 Å². The maximum absolute atomic E-state index is 13.7. The van der Waals surface area contributed by atoms with E-state index in [0.29, 0.717) is 13.0 Å². The number of piperazine rings is 1. The number of amides is 2. The third-order valence-electron chi connectivity index (χ3n) is 6.75. The zero-order chi connectivity index (χ0) is 21.8. The molecule has 2 aromatic heterocycles. The van der Waals surface area contributed by atoms with Crippen LogP contribution in [0, 0.1) is 6.92 Å². The van der Waals surface area contributed by atoms with Crippen LogP contribution in [0.15, 0.2) is 66.0 Å². The highest BCUT2D eigenvalue weighted by atomic mass is 32.1. The number of para-hydroxylation sites is 1. The Labute approximate surface area is 190 Å². The predicted octanol–water partition coefficient (Wildman–Crippen LogP) is 4.42. The molecule has 0 aliphatic carbocycles. The Hall–Kier alpha value is -3.38. The monoisotopic (exact) mass is 441 g/mol. The lowest BCUT2D eigenvalue weighted by molar-refractivity contribution is -0.159. The number of fused-ring (bicyclic) bond motifs is 4. The summed E-state index contributed by atoms with van der Waals surface area (Å²) >= 11 is 1.62. The average molecular weight is 442 g/mol. The summed E-state index contributed by atoms with van der Waals surface area (Å²) in [6.07, 6.45) is 0.535. The maximum atomic E-state index is 13.7. The van der Waals surface area contributed by atoms with Crippen LogP contribution in [-0.4, -0.2) is 39.2 Å². The van der Waals surface area contributed by atoms with Crippen LogP contribution in [0.4, 0.5) is 0 Å². The lowest BCUT2D eigenvalue weighted by atomic mass is 9.85. The molecular weight excluding hydrogens is 418 g/mol. The topological polar surface area (TPSA) is 56.4 Å². The lowest BCUT2D eigenvalue weighted by Gasteiger charge is -2.47. The zero-order valence-electron chi connectivity index (χ0n) is 17.7. The molecule has 6 rings (SSSR count). The average Bonchev–Trinajstić information content (AvgIpc) is 3.44. The van der Waals surface area contributed by atoms with E-state index in [1.165, 1.54) is 0 Å². The molecule has 0 saturated carbocycles. The van der Waals surface area contributed by atoms with Crippen molar-refractivity contribution >= 4 is 34.1 Å². The van der Waals surface area contributed by atoms with Crippen molar-refractivity contribution in [3.8, 4) is 0 Å². The number of nitrogens with zero attached hydrogens (tertiary/aromatic N) is 2. The molecule has 2 aliphatic heterocycles. The van der Waals surface area contributed by atoms with E-state index in [0.717, 1.165) is 38.2 Å². The Kier molecular flexibility index (Phi) is 4.43. The van der Waals surface area contributed by atoms with Gasteiger partial charge in [-0.15, -0.1) is 11.3 Å². The van der Waals surface area contributed by atoms with Crippen LogP contribution >= 0.6 is 11.3 Å². The molecular formula is C26H23N3O2S. The van der Waals surface area contributed by atoms with Gasteiger partial charge in [-0.2, -0.15) is 0 Å². The Bertz CT molecular complexity index is 1340. The fourth-order valence-corrected chi connectivity index (χ4v) is 5.99. The molecule has 6 heteroatoms. The third-order valence-corrected chi connectivity index (χ3v) is 7.61. The van der Waals surface area contributed by atoms with Crippen LogP contribution in [0.5, 0.6) is 0 Å². The number of thiophene rings is 1. The highest BCUT2D eigenvalue weighted by molar-refractivity contribution is 7.09. The van der Waals surface area contributed by atoms with Crippen molar-refractivity contribution in [3.63, 3.8) is 0 Å². The van der Waals surface area contributed by atoms with Gasteiger partial charge in [-0.05, 0) is 41.1 Å². The molecule has 1 N–H and O–H groups in total. The smallest absolute Gasteiger partial charge is 0.246 e. The number of benzene rings is 2. The van der Waals surface area contributed by atoms with E-state index in [2.05, 4.69) is 36.2 Å². The van der Waals surface area contributed by atoms with Gasteiger partial charge in [0, 0.05) is 27.9 Å². The molecule has 2 aliphatic rings. The number of aryl methyl sites for hydroxylation is 1. The minimum atomic E-state index is -0.493. The van der Waals surface area contributed by atoms with E-state index < -0.39 is 6.04 Å². The first-order chi connectivity index (χ1) is 15.6. The van der Waals surface area contributed by atoms with Crippen molar-refractivity contribution in [1.29, 1.82) is 0 Å². The van der Waals surface area contributed by atoms with Gasteiger partial charge < -0.3 is 14.8 Å². The molecule has 160 valence electrons. The van der Waals surface area contributed by atoms with Crippen LogP contribution in [0.25, 0.3) is 10.9 Å². The molecule has 2 aromatic carbocycles. The third kappa shape index (κ3) is 2.90. The molecule has 5 nitrogen and oxygen atoms in total. The summed E-state index contributed by atoms with van der Waals surface area (Å²) in [5.74, 6) is 0.0382. The second kappa shape index (κ2) is 7.35. The first-order valence-electron chi connectivity index (χ1n) is 10.9. The highest BCUT2D eigenvalue weighted by Gasteiger charge is 2.48. The standard InChI is InChI=1S/C26H23N3O2S/c1-16-7-2-3-9-18(16)25-24-20(19-10-4-5-11-21(19)27-24)13-22-26(31)28(15-23(30)29(22)25)14-17-8-6-12-32-17/h2-12,22,25,27H,13-15H2,1H3/t22-,25?/m0/s1. The van der Waals surface area contributed by atoms with Gasteiger partial charge in [-0.25, -0.2) is 0 Å². The van der Waals surface area contributed by atoms with Crippen LogP contribution in [0.1, 0.15) is 33.3 Å². The SMILES string of the molecule is Cc1ccccc1C1c2[nH]c3ccccc3c2C[C@H]2C(=O)N(Cc3cccs3)CC(=O)N12. The van der Waals surface area contributed by atoms with Gasteiger partial charge in [0.25, 0.3) is 0 Å². The second-order valence-electron chi connectivity index (χ2n) is 8.62. The van der Waals surface area contributed by atoms with E-state index in [1.54, 1.807) is 16.2 Å². The minimum absolute atomic E-state index is 0.00344. The van der Waals surface area contributed by atoms with Crippen molar-refractivity contribution in [1.82, 2.24) is 14.8 Å². The van der Waals surface area contributed by atoms with Crippen molar-refractivity contribution < 1.29 is 9.59 Å². The number of aromatic amines is 1. The van der Waals surface area contributed by atoms with E-state index in [4.69, 9.17) is 0 Å². The van der Waals surface area contributed by atoms with E-state index in [9.17, 15) is 9.59 Å². The number of carbonyl (C=O) groups excluding carboxylic acids is 2. The Balaban J connectivity index is 1.50. The van der Waals surface area contributed by atoms with Crippen molar-refractivity contribution in [2.75, 3.05) is 6.54 Å². The molecule has 2 atom stereocenters. The van der Waals surface area contributed by atoms with E-state index in [-0.39, 0.29) is 24.4 Å². The van der Waals surface area contributed by atoms with E-state index in [1.807, 2.05) is 46.7 Å². The predicted molar refractivity (Wildman–Crippen MR) is 125 cm³/mol. The number of nitrogens with one attached hydrogen (secondary N) is 1. The van der Waals surface area contributed by atoms with Gasteiger partial charge in [0.2, 0.25) is 11.8 Å². The zero-order valence-corrected chi connectivity index (χ0v) is 18.6. The summed E-state index contributed by atoms with van der Waals surface area (Å²) in [5, 5.41) is 3.14. The number of aromatic nitrogens is 1. The summed E-state index contributed by atoms with van der Waals surface area (Å²) in [6, 6.07) is 19.6. The number of carbonyl (C=O) groups is 2. The van der Waals surface area contributed by atoms with Crippen molar-refractivity contribution in [3.05, 3.63) is 93.3 Å². The summed E-state index contributed by atoms with van der Waals surface area (Å²) in [4.78, 5) is 35.5. The van der Waals surface area contributed by atoms with Crippen molar-refractivity contribution in [2.24, 2.45) is 0 Å². The summed E-state index contributed by atoms with van der Waals surface area (Å²) in [5.41, 5.74) is 5.41. The summed E-state index contributed by atoms with van der Waals surface area (Å²) < 4.78 is 0. The van der Waals surface area contributed by atoms with Gasteiger partial charge in [0.15, 0.2) is 0 Å². The first kappa shape index (κ1) is 19.3. The van der Waals surface area contributed by atoms with Crippen LogP contribution in [-0.2, 0) is 22.6 Å². The van der Waals surface area contributed by atoms with Crippen LogP contribution < -0.4 is 0 Å². The second-order valence-corrected chi connectivity index (χ2v) is 9.65. The largest absolute Gasteiger partial charge is 0.356 e. The van der Waals surface area contributed by atoms with Gasteiger partial charge >= 0.3 is 0 Å². The molecule has 0 radical (unpaired) electrons. The van der Waals surface area contributed by atoms with Gasteiger partial charge in [0.1, 0.15) is 12.6 Å². The Morgan fingerprint density at radius 3 is 2.66 bits per heavy atom. The number of hydrogen-bond acceptors (Lipinski definition) is 3. The number of rotatable bonds is 3. The normalized spacial score (nSPS) is 20.5. The quantitative estimate of drug-likeness (QED) is 0.512. The molecule has 2 amide bonds. The highest BCUT2D eigenvalue weighted by Crippen LogP contribution is 2.43. The Morgan fingerprint density at radius 1 is 1.03 bits per heavy atom. The molecule has 1 unspecified atom stereocenters.